The quantitative estimate of drug-likeness (QED) is 0.423. The SMILES string of the molecule is O=C(CCC(=O)c1ccc2c(c1)CCCC2)OCc1ncc(-c2ccccc2)o1. The smallest absolute Gasteiger partial charge is 0.306 e. The van der Waals surface area contributed by atoms with Crippen LogP contribution in [0.5, 0.6) is 0 Å². The summed E-state index contributed by atoms with van der Waals surface area (Å²) in [5.74, 6) is 0.492. The van der Waals surface area contributed by atoms with Crippen LogP contribution in [0.25, 0.3) is 11.3 Å². The summed E-state index contributed by atoms with van der Waals surface area (Å²) < 4.78 is 10.8. The first-order valence-electron chi connectivity index (χ1n) is 10.00. The number of benzene rings is 2. The predicted molar refractivity (Wildman–Crippen MR) is 108 cm³/mol. The lowest BCUT2D eigenvalue weighted by Crippen LogP contribution is -2.10. The van der Waals surface area contributed by atoms with E-state index in [9.17, 15) is 9.59 Å². The summed E-state index contributed by atoms with van der Waals surface area (Å²) in [4.78, 5) is 28.6. The summed E-state index contributed by atoms with van der Waals surface area (Å²) in [5.41, 5.74) is 4.20. The van der Waals surface area contributed by atoms with Gasteiger partial charge in [0.2, 0.25) is 5.89 Å². The molecule has 0 fully saturated rings. The summed E-state index contributed by atoms with van der Waals surface area (Å²) in [5, 5.41) is 0. The first kappa shape index (κ1) is 19.1. The third-order valence-corrected chi connectivity index (χ3v) is 5.20. The van der Waals surface area contributed by atoms with Gasteiger partial charge in [0.1, 0.15) is 0 Å². The molecule has 0 spiro atoms. The fraction of sp³-hybridized carbons (Fsp3) is 0.292. The summed E-state index contributed by atoms with van der Waals surface area (Å²) in [6.45, 7) is -0.0430. The van der Waals surface area contributed by atoms with Crippen LogP contribution in [0.4, 0.5) is 0 Å². The molecule has 2 aromatic carbocycles. The molecule has 0 aliphatic heterocycles. The number of carbonyl (C=O) groups is 2. The highest BCUT2D eigenvalue weighted by Gasteiger charge is 2.15. The van der Waals surface area contributed by atoms with Gasteiger partial charge in [0.15, 0.2) is 18.2 Å². The lowest BCUT2D eigenvalue weighted by molar-refractivity contribution is -0.145. The Bertz CT molecular complexity index is 1010. The molecule has 4 rings (SSSR count). The number of oxazole rings is 1. The second kappa shape index (κ2) is 8.86. The number of hydrogen-bond donors (Lipinski definition) is 0. The topological polar surface area (TPSA) is 69.4 Å². The van der Waals surface area contributed by atoms with Crippen molar-refractivity contribution >= 4 is 11.8 Å². The van der Waals surface area contributed by atoms with Gasteiger partial charge in [-0.05, 0) is 42.9 Å². The predicted octanol–water partition coefficient (Wildman–Crippen LogP) is 4.93. The Morgan fingerprint density at radius 2 is 1.76 bits per heavy atom. The molecule has 1 aromatic heterocycles. The number of esters is 1. The molecule has 0 amide bonds. The van der Waals surface area contributed by atoms with E-state index in [0.717, 1.165) is 18.4 Å². The van der Waals surface area contributed by atoms with Crippen molar-refractivity contribution in [2.45, 2.75) is 45.1 Å². The van der Waals surface area contributed by atoms with Gasteiger partial charge in [0, 0.05) is 17.5 Å². The molecular formula is C24H23NO4. The Hall–Kier alpha value is -3.21. The lowest BCUT2D eigenvalue weighted by atomic mass is 9.89. The van der Waals surface area contributed by atoms with Gasteiger partial charge in [-0.3, -0.25) is 9.59 Å². The molecule has 0 unspecified atom stereocenters. The molecule has 0 radical (unpaired) electrons. The van der Waals surface area contributed by atoms with E-state index in [1.807, 2.05) is 48.5 Å². The summed E-state index contributed by atoms with van der Waals surface area (Å²) >= 11 is 0. The van der Waals surface area contributed by atoms with Gasteiger partial charge in [0.25, 0.3) is 0 Å². The van der Waals surface area contributed by atoms with Gasteiger partial charge < -0.3 is 9.15 Å². The third kappa shape index (κ3) is 4.80. The number of aromatic nitrogens is 1. The van der Waals surface area contributed by atoms with Crippen molar-refractivity contribution < 1.29 is 18.7 Å². The van der Waals surface area contributed by atoms with Crippen LogP contribution >= 0.6 is 0 Å². The zero-order valence-electron chi connectivity index (χ0n) is 16.2. The monoisotopic (exact) mass is 389 g/mol. The van der Waals surface area contributed by atoms with E-state index >= 15 is 0 Å². The lowest BCUT2D eigenvalue weighted by Gasteiger charge is -2.16. The molecule has 5 nitrogen and oxygen atoms in total. The van der Waals surface area contributed by atoms with Crippen molar-refractivity contribution in [3.05, 3.63) is 77.3 Å². The highest BCUT2D eigenvalue weighted by atomic mass is 16.5. The maximum absolute atomic E-state index is 12.4. The van der Waals surface area contributed by atoms with Crippen LogP contribution in [0.3, 0.4) is 0 Å². The molecule has 0 bridgehead atoms. The van der Waals surface area contributed by atoms with Crippen LogP contribution in [-0.2, 0) is 29.0 Å². The molecule has 1 aliphatic rings. The van der Waals surface area contributed by atoms with E-state index in [1.54, 1.807) is 6.20 Å². The molecule has 1 heterocycles. The molecule has 0 saturated heterocycles. The molecule has 5 heteroatoms. The Labute approximate surface area is 169 Å². The Balaban J connectivity index is 1.26. The van der Waals surface area contributed by atoms with Crippen molar-refractivity contribution in [2.24, 2.45) is 0 Å². The number of carbonyl (C=O) groups excluding carboxylic acids is 2. The van der Waals surface area contributed by atoms with Crippen LogP contribution in [0, 0.1) is 0 Å². The molecular weight excluding hydrogens is 366 g/mol. The van der Waals surface area contributed by atoms with Crippen molar-refractivity contribution in [1.29, 1.82) is 0 Å². The number of ketones is 1. The van der Waals surface area contributed by atoms with E-state index in [0.29, 0.717) is 17.2 Å². The Morgan fingerprint density at radius 1 is 0.966 bits per heavy atom. The zero-order valence-corrected chi connectivity index (χ0v) is 16.2. The highest BCUT2D eigenvalue weighted by molar-refractivity contribution is 5.97. The Morgan fingerprint density at radius 3 is 2.59 bits per heavy atom. The van der Waals surface area contributed by atoms with Crippen LogP contribution in [0.1, 0.15) is 53.1 Å². The second-order valence-electron chi connectivity index (χ2n) is 7.26. The number of rotatable bonds is 7. The van der Waals surface area contributed by atoms with Gasteiger partial charge >= 0.3 is 5.97 Å². The standard InChI is InChI=1S/C24H23NO4/c26-21(20-11-10-17-6-4-5-9-19(17)14-20)12-13-24(27)28-16-23-25-15-22(29-23)18-7-2-1-3-8-18/h1-3,7-8,10-11,14-15H,4-6,9,12-13,16H2. The van der Waals surface area contributed by atoms with Gasteiger partial charge in [-0.2, -0.15) is 0 Å². The van der Waals surface area contributed by atoms with Crippen LogP contribution < -0.4 is 0 Å². The number of Topliss-reactive ketones (excluding diaryl/α,β-unsaturated/α-hetero) is 1. The fourth-order valence-electron chi connectivity index (χ4n) is 3.59. The Kier molecular flexibility index (Phi) is 5.84. The van der Waals surface area contributed by atoms with Crippen LogP contribution in [0.2, 0.25) is 0 Å². The van der Waals surface area contributed by atoms with Crippen molar-refractivity contribution in [1.82, 2.24) is 4.98 Å². The highest BCUT2D eigenvalue weighted by Crippen LogP contribution is 2.23. The minimum Gasteiger partial charge on any atom is -0.456 e. The van der Waals surface area contributed by atoms with Gasteiger partial charge in [-0.1, -0.05) is 42.5 Å². The van der Waals surface area contributed by atoms with Crippen LogP contribution in [-0.4, -0.2) is 16.7 Å². The zero-order chi connectivity index (χ0) is 20.1. The normalized spacial score (nSPS) is 13.0. The van der Waals surface area contributed by atoms with Gasteiger partial charge in [0.05, 0.1) is 12.6 Å². The molecule has 148 valence electrons. The molecule has 0 N–H and O–H groups in total. The largest absolute Gasteiger partial charge is 0.456 e. The van der Waals surface area contributed by atoms with Gasteiger partial charge in [-0.25, -0.2) is 4.98 Å². The summed E-state index contributed by atoms with van der Waals surface area (Å²) in [7, 11) is 0. The first-order valence-corrected chi connectivity index (χ1v) is 10.00. The molecule has 3 aromatic rings. The van der Waals surface area contributed by atoms with Crippen molar-refractivity contribution in [3.63, 3.8) is 0 Å². The average molecular weight is 389 g/mol. The number of hydrogen-bond acceptors (Lipinski definition) is 5. The second-order valence-corrected chi connectivity index (χ2v) is 7.26. The molecule has 0 atom stereocenters. The number of nitrogens with zero attached hydrogens (tertiary/aromatic N) is 1. The number of ether oxygens (including phenoxy) is 1. The van der Waals surface area contributed by atoms with E-state index in [4.69, 9.17) is 9.15 Å². The minimum atomic E-state index is -0.434. The maximum Gasteiger partial charge on any atom is 0.306 e. The van der Waals surface area contributed by atoms with Crippen molar-refractivity contribution in [3.8, 4) is 11.3 Å². The minimum absolute atomic E-state index is 0.0298. The first-order chi connectivity index (χ1) is 14.2. The summed E-state index contributed by atoms with van der Waals surface area (Å²) in [6.07, 6.45) is 6.29. The average Bonchev–Trinajstić information content (AvgIpc) is 3.25. The molecule has 0 saturated carbocycles. The summed E-state index contributed by atoms with van der Waals surface area (Å²) in [6, 6.07) is 15.5. The molecule has 1 aliphatic carbocycles. The third-order valence-electron chi connectivity index (χ3n) is 5.20. The van der Waals surface area contributed by atoms with Crippen molar-refractivity contribution in [2.75, 3.05) is 0 Å². The number of fused-ring (bicyclic) bond motifs is 1. The van der Waals surface area contributed by atoms with E-state index < -0.39 is 5.97 Å². The molecule has 29 heavy (non-hydrogen) atoms. The maximum atomic E-state index is 12.4. The van der Waals surface area contributed by atoms with Gasteiger partial charge in [-0.15, -0.1) is 0 Å². The van der Waals surface area contributed by atoms with E-state index in [2.05, 4.69) is 4.98 Å². The number of aryl methyl sites for hydroxylation is 2. The van der Waals surface area contributed by atoms with E-state index in [1.165, 1.54) is 24.0 Å². The van der Waals surface area contributed by atoms with Crippen LogP contribution in [0.15, 0.2) is 59.1 Å². The fourth-order valence-corrected chi connectivity index (χ4v) is 3.59. The van der Waals surface area contributed by atoms with E-state index in [-0.39, 0.29) is 25.2 Å².